The highest BCUT2D eigenvalue weighted by Crippen LogP contribution is 2.32. The lowest BCUT2D eigenvalue weighted by Crippen LogP contribution is -2.16. The molecule has 2 atom stereocenters. The number of aliphatic imine (C=N–C) groups is 1. The van der Waals surface area contributed by atoms with Crippen LogP contribution in [-0.2, 0) is 44.9 Å². The molecule has 4 heterocycles. The van der Waals surface area contributed by atoms with Gasteiger partial charge >= 0.3 is 11.9 Å². The van der Waals surface area contributed by atoms with Gasteiger partial charge in [-0.2, -0.15) is 0 Å². The van der Waals surface area contributed by atoms with Crippen molar-refractivity contribution in [3.05, 3.63) is 87.2 Å². The fraction of sp³-hybridized carbons (Fsp3) is 0.364. The summed E-state index contributed by atoms with van der Waals surface area (Å²) >= 11 is 0. The molecule has 5 N–H and O–H groups in total. The Morgan fingerprint density at radius 2 is 1.51 bits per heavy atom. The number of rotatable bonds is 13. The van der Waals surface area contributed by atoms with Gasteiger partial charge in [0, 0.05) is 71.6 Å². The van der Waals surface area contributed by atoms with Crippen LogP contribution in [0.25, 0.3) is 6.08 Å². The lowest BCUT2D eigenvalue weighted by Gasteiger charge is -2.08. The molecule has 2 aromatic rings. The van der Waals surface area contributed by atoms with E-state index in [1.54, 1.807) is 6.08 Å². The SMILES string of the molecule is C=CC1=C(C)C(Cc2[nH]c(Cc3[nH]c(/C=C4\NC(=O)[C@H](C)[C@H]4C=C)c(C)c3CCC(=O)O)c(CCC(=O)O)c2C)=NC1=O. The quantitative estimate of drug-likeness (QED) is 0.217. The number of carbonyl (C=O) groups is 4. The van der Waals surface area contributed by atoms with Gasteiger partial charge in [-0.3, -0.25) is 19.2 Å². The monoisotopic (exact) mass is 586 g/mol. The molecule has 1 saturated heterocycles. The van der Waals surface area contributed by atoms with Crippen LogP contribution in [0.15, 0.2) is 47.1 Å². The minimum absolute atomic E-state index is 0.0576. The number of carbonyl (C=O) groups excluding carboxylic acids is 2. The Bertz CT molecular complexity index is 1630. The molecule has 2 amide bonds. The molecule has 0 radical (unpaired) electrons. The Labute approximate surface area is 250 Å². The number of H-pyrrole nitrogens is 2. The Balaban J connectivity index is 1.76. The molecule has 226 valence electrons. The number of carboxylic acid groups (broad SMARTS) is 2. The van der Waals surface area contributed by atoms with Crippen molar-refractivity contribution in [3.63, 3.8) is 0 Å². The van der Waals surface area contributed by atoms with E-state index in [9.17, 15) is 29.4 Å². The molecular formula is C33H38N4O6. The average molecular weight is 587 g/mol. The van der Waals surface area contributed by atoms with Gasteiger partial charge in [0.05, 0.1) is 5.71 Å². The van der Waals surface area contributed by atoms with E-state index in [1.165, 1.54) is 6.08 Å². The van der Waals surface area contributed by atoms with Gasteiger partial charge in [-0.25, -0.2) is 4.99 Å². The zero-order valence-corrected chi connectivity index (χ0v) is 25.0. The van der Waals surface area contributed by atoms with Crippen molar-refractivity contribution in [2.75, 3.05) is 0 Å². The van der Waals surface area contributed by atoms with E-state index in [1.807, 2.05) is 33.8 Å². The number of nitrogens with one attached hydrogen (secondary N) is 3. The molecule has 2 aliphatic heterocycles. The summed E-state index contributed by atoms with van der Waals surface area (Å²) in [5.74, 6) is -2.64. The van der Waals surface area contributed by atoms with Crippen LogP contribution in [0.1, 0.15) is 71.7 Å². The topological polar surface area (TPSA) is 165 Å². The van der Waals surface area contributed by atoms with Crippen LogP contribution in [0.5, 0.6) is 0 Å². The van der Waals surface area contributed by atoms with E-state index in [4.69, 9.17) is 0 Å². The minimum atomic E-state index is -0.913. The van der Waals surface area contributed by atoms with Crippen LogP contribution < -0.4 is 5.32 Å². The zero-order chi connectivity index (χ0) is 31.6. The molecule has 0 spiro atoms. The highest BCUT2D eigenvalue weighted by molar-refractivity contribution is 6.20. The number of aliphatic carboxylic acids is 2. The molecule has 10 heteroatoms. The normalized spacial score (nSPS) is 19.3. The van der Waals surface area contributed by atoms with Crippen molar-refractivity contribution in [1.29, 1.82) is 0 Å². The second-order valence-electron chi connectivity index (χ2n) is 11.2. The Kier molecular flexibility index (Phi) is 9.18. The molecule has 2 aliphatic rings. The minimum Gasteiger partial charge on any atom is -0.481 e. The summed E-state index contributed by atoms with van der Waals surface area (Å²) in [6.07, 6.45) is 6.37. The third-order valence-electron chi connectivity index (χ3n) is 8.59. The lowest BCUT2D eigenvalue weighted by molar-refractivity contribution is -0.138. The Hall–Kier alpha value is -4.73. The number of hydrogen-bond acceptors (Lipinski definition) is 4. The number of carboxylic acids is 2. The maximum atomic E-state index is 12.3. The Morgan fingerprint density at radius 1 is 0.907 bits per heavy atom. The molecule has 0 bridgehead atoms. The van der Waals surface area contributed by atoms with E-state index in [2.05, 4.69) is 33.4 Å². The summed E-state index contributed by atoms with van der Waals surface area (Å²) in [6, 6.07) is 0. The van der Waals surface area contributed by atoms with E-state index >= 15 is 0 Å². The first-order chi connectivity index (χ1) is 20.4. The van der Waals surface area contributed by atoms with Crippen LogP contribution >= 0.6 is 0 Å². The van der Waals surface area contributed by atoms with E-state index < -0.39 is 11.9 Å². The van der Waals surface area contributed by atoms with Gasteiger partial charge in [-0.15, -0.1) is 6.58 Å². The summed E-state index contributed by atoms with van der Waals surface area (Å²) in [5.41, 5.74) is 9.33. The first kappa shape index (κ1) is 31.2. The maximum Gasteiger partial charge on any atom is 0.303 e. The molecule has 0 saturated carbocycles. The van der Waals surface area contributed by atoms with Crippen molar-refractivity contribution >= 4 is 35.5 Å². The number of allylic oxidation sites excluding steroid dienone is 2. The average Bonchev–Trinajstić information content (AvgIpc) is 3.59. The number of nitrogens with zero attached hydrogens (tertiary/aromatic N) is 1. The molecule has 0 unspecified atom stereocenters. The van der Waals surface area contributed by atoms with E-state index in [-0.39, 0.29) is 36.5 Å². The summed E-state index contributed by atoms with van der Waals surface area (Å²) in [6.45, 7) is 15.1. The van der Waals surface area contributed by atoms with Gasteiger partial charge in [-0.1, -0.05) is 25.7 Å². The van der Waals surface area contributed by atoms with Gasteiger partial charge in [0.15, 0.2) is 0 Å². The highest BCUT2D eigenvalue weighted by atomic mass is 16.4. The molecule has 43 heavy (non-hydrogen) atoms. The third kappa shape index (κ3) is 6.38. The van der Waals surface area contributed by atoms with Crippen LogP contribution in [0.4, 0.5) is 0 Å². The predicted molar refractivity (Wildman–Crippen MR) is 164 cm³/mol. The predicted octanol–water partition coefficient (Wildman–Crippen LogP) is 4.52. The third-order valence-corrected chi connectivity index (χ3v) is 8.59. The van der Waals surface area contributed by atoms with Crippen molar-refractivity contribution in [2.24, 2.45) is 16.8 Å². The largest absolute Gasteiger partial charge is 0.481 e. The molecule has 0 aliphatic carbocycles. The molecule has 10 nitrogen and oxygen atoms in total. The molecule has 1 fully saturated rings. The number of aromatic nitrogens is 2. The first-order valence-corrected chi connectivity index (χ1v) is 14.3. The van der Waals surface area contributed by atoms with Gasteiger partial charge < -0.3 is 25.5 Å². The van der Waals surface area contributed by atoms with Crippen LogP contribution in [0, 0.1) is 25.7 Å². The molecule has 4 rings (SSSR count). The number of aromatic amines is 2. The number of hydrogen-bond donors (Lipinski definition) is 5. The zero-order valence-electron chi connectivity index (χ0n) is 25.0. The summed E-state index contributed by atoms with van der Waals surface area (Å²) in [4.78, 5) is 58.8. The van der Waals surface area contributed by atoms with Crippen molar-refractivity contribution in [3.8, 4) is 0 Å². The van der Waals surface area contributed by atoms with Crippen LogP contribution in [-0.4, -0.2) is 49.6 Å². The smallest absolute Gasteiger partial charge is 0.303 e. The van der Waals surface area contributed by atoms with Crippen LogP contribution in [0.3, 0.4) is 0 Å². The fourth-order valence-electron chi connectivity index (χ4n) is 5.97. The second kappa shape index (κ2) is 12.6. The first-order valence-electron chi connectivity index (χ1n) is 14.3. The summed E-state index contributed by atoms with van der Waals surface area (Å²) < 4.78 is 0. The molecule has 0 aromatic carbocycles. The van der Waals surface area contributed by atoms with Crippen LogP contribution in [0.2, 0.25) is 0 Å². The molecule has 2 aromatic heterocycles. The number of amides is 2. The van der Waals surface area contributed by atoms with Gasteiger partial charge in [0.25, 0.3) is 5.91 Å². The summed E-state index contributed by atoms with van der Waals surface area (Å²) in [5, 5.41) is 21.8. The Morgan fingerprint density at radius 3 is 2.07 bits per heavy atom. The van der Waals surface area contributed by atoms with Gasteiger partial charge in [0.1, 0.15) is 0 Å². The maximum absolute atomic E-state index is 12.3. The van der Waals surface area contributed by atoms with Gasteiger partial charge in [0.2, 0.25) is 5.91 Å². The van der Waals surface area contributed by atoms with Crippen molar-refractivity contribution in [2.45, 2.75) is 66.2 Å². The summed E-state index contributed by atoms with van der Waals surface area (Å²) in [7, 11) is 0. The van der Waals surface area contributed by atoms with Crippen molar-refractivity contribution < 1.29 is 29.4 Å². The highest BCUT2D eigenvalue weighted by Gasteiger charge is 2.33. The lowest BCUT2D eigenvalue weighted by atomic mass is 9.94. The second-order valence-corrected chi connectivity index (χ2v) is 11.2. The fourth-order valence-corrected chi connectivity index (χ4v) is 5.97. The van der Waals surface area contributed by atoms with Gasteiger partial charge in [-0.05, 0) is 67.5 Å². The van der Waals surface area contributed by atoms with Crippen molar-refractivity contribution in [1.82, 2.24) is 15.3 Å². The van der Waals surface area contributed by atoms with E-state index in [0.717, 1.165) is 56.3 Å². The van der Waals surface area contributed by atoms with E-state index in [0.29, 0.717) is 37.0 Å². The standard InChI is InChI=1S/C33H38N4O6/c1-7-20-19(6)32(42)37-27(20)14-25-18(5)23(10-12-31(40)41)29(35-25)15-28-22(9-11-30(38)39)17(4)24(34-28)13-26-16(3)21(8-2)33(43)36-26/h7-8,14,19-20,34-35H,1-2,9-13,15H2,3-6H3,(H,37,42)(H,38,39)(H,40,41)/b27-14-/t19-,20-/m1/s1. The molecular weight excluding hydrogens is 548 g/mol.